The predicted octanol–water partition coefficient (Wildman–Crippen LogP) is 0.421. The summed E-state index contributed by atoms with van der Waals surface area (Å²) in [5, 5.41) is 2.80. The molecule has 0 bridgehead atoms. The molecule has 25 heavy (non-hydrogen) atoms. The fourth-order valence-electron chi connectivity index (χ4n) is 3.32. The Morgan fingerprint density at radius 1 is 1.20 bits per heavy atom. The van der Waals surface area contributed by atoms with Gasteiger partial charge in [-0.2, -0.15) is 0 Å². The van der Waals surface area contributed by atoms with Crippen LogP contribution in [0.2, 0.25) is 0 Å². The summed E-state index contributed by atoms with van der Waals surface area (Å²) in [5.41, 5.74) is 4.21. The first-order valence-electron chi connectivity index (χ1n) is 8.38. The summed E-state index contributed by atoms with van der Waals surface area (Å²) in [7, 11) is 0. The number of aromatic nitrogens is 1. The third kappa shape index (κ3) is 3.49. The Labute approximate surface area is 144 Å². The van der Waals surface area contributed by atoms with Crippen LogP contribution in [-0.2, 0) is 9.59 Å². The first-order chi connectivity index (χ1) is 12.0. The van der Waals surface area contributed by atoms with E-state index in [1.54, 1.807) is 18.3 Å². The molecule has 3 rings (SSSR count). The van der Waals surface area contributed by atoms with Gasteiger partial charge in [-0.3, -0.25) is 30.1 Å². The molecular weight excluding hydrogens is 326 g/mol. The highest BCUT2D eigenvalue weighted by Gasteiger charge is 2.51. The average molecular weight is 347 g/mol. The van der Waals surface area contributed by atoms with E-state index in [1.165, 1.54) is 4.90 Å². The standard InChI is InChI=1S/C16H21N5O4/c22-12(19-20-13(23)11-5-3-9-17-11)6-4-10-21-14(24)16(18-15(21)25)7-1-2-8-16/h3,5,9,17H,1-2,4,6-8,10H2,(H,18,25)(H,19,22)(H,20,23). The van der Waals surface area contributed by atoms with Gasteiger partial charge in [0.25, 0.3) is 11.8 Å². The molecule has 0 atom stereocenters. The molecule has 9 heteroatoms. The summed E-state index contributed by atoms with van der Waals surface area (Å²) in [6.07, 6.45) is 5.25. The highest BCUT2D eigenvalue weighted by molar-refractivity contribution is 6.07. The number of aromatic amines is 1. The van der Waals surface area contributed by atoms with Crippen LogP contribution in [-0.4, -0.2) is 45.7 Å². The summed E-state index contributed by atoms with van der Waals surface area (Å²) in [6, 6.07) is 2.87. The molecule has 0 aromatic carbocycles. The second-order valence-electron chi connectivity index (χ2n) is 6.37. The van der Waals surface area contributed by atoms with Crippen molar-refractivity contribution in [3.05, 3.63) is 24.0 Å². The highest BCUT2D eigenvalue weighted by atomic mass is 16.2. The van der Waals surface area contributed by atoms with E-state index in [9.17, 15) is 19.2 Å². The fraction of sp³-hybridized carbons (Fsp3) is 0.500. The predicted molar refractivity (Wildman–Crippen MR) is 87.1 cm³/mol. The van der Waals surface area contributed by atoms with Gasteiger partial charge < -0.3 is 10.3 Å². The van der Waals surface area contributed by atoms with Crippen molar-refractivity contribution in [3.63, 3.8) is 0 Å². The molecule has 4 N–H and O–H groups in total. The number of H-pyrrole nitrogens is 1. The third-order valence-electron chi connectivity index (χ3n) is 4.65. The van der Waals surface area contributed by atoms with Gasteiger partial charge >= 0.3 is 6.03 Å². The second kappa shape index (κ2) is 6.96. The van der Waals surface area contributed by atoms with Crippen molar-refractivity contribution < 1.29 is 19.2 Å². The number of hydrogen-bond acceptors (Lipinski definition) is 4. The summed E-state index contributed by atoms with van der Waals surface area (Å²) in [6.45, 7) is 0.185. The zero-order chi connectivity index (χ0) is 17.9. The number of urea groups is 1. The van der Waals surface area contributed by atoms with Crippen LogP contribution in [0.4, 0.5) is 4.79 Å². The number of hydrogen-bond donors (Lipinski definition) is 4. The van der Waals surface area contributed by atoms with E-state index < -0.39 is 11.4 Å². The summed E-state index contributed by atoms with van der Waals surface area (Å²) < 4.78 is 0. The van der Waals surface area contributed by atoms with E-state index in [-0.39, 0.29) is 30.8 Å². The largest absolute Gasteiger partial charge is 0.357 e. The molecule has 5 amide bonds. The van der Waals surface area contributed by atoms with Gasteiger partial charge in [0.05, 0.1) is 0 Å². The Balaban J connectivity index is 1.40. The third-order valence-corrected chi connectivity index (χ3v) is 4.65. The molecule has 2 heterocycles. The molecule has 1 saturated heterocycles. The van der Waals surface area contributed by atoms with Crippen molar-refractivity contribution in [2.75, 3.05) is 6.54 Å². The van der Waals surface area contributed by atoms with E-state index in [0.29, 0.717) is 25.0 Å². The molecule has 1 aromatic heterocycles. The van der Waals surface area contributed by atoms with Crippen molar-refractivity contribution in [2.45, 2.75) is 44.1 Å². The number of rotatable bonds is 5. The van der Waals surface area contributed by atoms with Gasteiger partial charge in [-0.15, -0.1) is 0 Å². The Kier molecular flexibility index (Phi) is 4.73. The van der Waals surface area contributed by atoms with Crippen LogP contribution in [0.1, 0.15) is 49.0 Å². The van der Waals surface area contributed by atoms with Crippen LogP contribution in [0.25, 0.3) is 0 Å². The van der Waals surface area contributed by atoms with Gasteiger partial charge in [0, 0.05) is 19.2 Å². The Morgan fingerprint density at radius 3 is 2.64 bits per heavy atom. The van der Waals surface area contributed by atoms with Crippen LogP contribution in [0, 0.1) is 0 Å². The zero-order valence-corrected chi connectivity index (χ0v) is 13.8. The molecule has 2 fully saturated rings. The van der Waals surface area contributed by atoms with E-state index in [0.717, 1.165) is 12.8 Å². The molecular formula is C16H21N5O4. The van der Waals surface area contributed by atoms with E-state index >= 15 is 0 Å². The molecule has 9 nitrogen and oxygen atoms in total. The Bertz CT molecular complexity index is 679. The van der Waals surface area contributed by atoms with Crippen molar-refractivity contribution >= 4 is 23.8 Å². The topological polar surface area (TPSA) is 123 Å². The molecule has 1 spiro atoms. The van der Waals surface area contributed by atoms with Gasteiger partial charge in [-0.1, -0.05) is 12.8 Å². The minimum absolute atomic E-state index is 0.0923. The normalized spacial score (nSPS) is 18.5. The van der Waals surface area contributed by atoms with Crippen LogP contribution < -0.4 is 16.2 Å². The van der Waals surface area contributed by atoms with Crippen molar-refractivity contribution in [1.29, 1.82) is 0 Å². The number of nitrogens with zero attached hydrogens (tertiary/aromatic N) is 1. The van der Waals surface area contributed by atoms with Crippen LogP contribution in [0.3, 0.4) is 0 Å². The fourth-order valence-corrected chi connectivity index (χ4v) is 3.32. The summed E-state index contributed by atoms with van der Waals surface area (Å²) in [5.74, 6) is -1.02. The minimum atomic E-state index is -0.719. The number of carbonyl (C=O) groups is 4. The molecule has 2 aliphatic rings. The maximum absolute atomic E-state index is 12.4. The van der Waals surface area contributed by atoms with Crippen LogP contribution in [0.5, 0.6) is 0 Å². The number of imide groups is 1. The smallest absolute Gasteiger partial charge is 0.325 e. The second-order valence-corrected chi connectivity index (χ2v) is 6.37. The highest BCUT2D eigenvalue weighted by Crippen LogP contribution is 2.35. The molecule has 134 valence electrons. The first kappa shape index (κ1) is 17.0. The zero-order valence-electron chi connectivity index (χ0n) is 13.8. The average Bonchev–Trinajstić information content (AvgIpc) is 3.31. The van der Waals surface area contributed by atoms with E-state index in [2.05, 4.69) is 21.2 Å². The van der Waals surface area contributed by atoms with Gasteiger partial charge in [0.1, 0.15) is 11.2 Å². The van der Waals surface area contributed by atoms with Crippen LogP contribution in [0.15, 0.2) is 18.3 Å². The van der Waals surface area contributed by atoms with Crippen molar-refractivity contribution in [1.82, 2.24) is 26.1 Å². The number of amides is 5. The minimum Gasteiger partial charge on any atom is -0.357 e. The van der Waals surface area contributed by atoms with Gasteiger partial charge in [0.15, 0.2) is 0 Å². The van der Waals surface area contributed by atoms with Gasteiger partial charge in [-0.25, -0.2) is 4.79 Å². The SMILES string of the molecule is O=C(CCCN1C(=O)NC2(CCCC2)C1=O)NNC(=O)c1ccc[nH]1. The molecule has 1 aliphatic carbocycles. The summed E-state index contributed by atoms with van der Waals surface area (Å²) in [4.78, 5) is 51.8. The van der Waals surface area contributed by atoms with E-state index in [1.807, 2.05) is 0 Å². The lowest BCUT2D eigenvalue weighted by Crippen LogP contribution is -2.44. The quantitative estimate of drug-likeness (QED) is 0.455. The molecule has 1 aromatic rings. The first-order valence-corrected chi connectivity index (χ1v) is 8.38. The van der Waals surface area contributed by atoms with Gasteiger partial charge in [0.2, 0.25) is 5.91 Å². The number of hydrazine groups is 1. The molecule has 0 radical (unpaired) electrons. The maximum Gasteiger partial charge on any atom is 0.325 e. The molecule has 1 aliphatic heterocycles. The lowest BCUT2D eigenvalue weighted by molar-refractivity contribution is -0.131. The van der Waals surface area contributed by atoms with Crippen LogP contribution >= 0.6 is 0 Å². The van der Waals surface area contributed by atoms with Gasteiger partial charge in [-0.05, 0) is 31.4 Å². The lowest BCUT2D eigenvalue weighted by atomic mass is 9.98. The maximum atomic E-state index is 12.4. The Morgan fingerprint density at radius 2 is 1.96 bits per heavy atom. The van der Waals surface area contributed by atoms with Crippen molar-refractivity contribution in [3.8, 4) is 0 Å². The number of nitrogens with one attached hydrogen (secondary N) is 4. The summed E-state index contributed by atoms with van der Waals surface area (Å²) >= 11 is 0. The lowest BCUT2D eigenvalue weighted by Gasteiger charge is -2.19. The van der Waals surface area contributed by atoms with E-state index in [4.69, 9.17) is 0 Å². The molecule has 1 saturated carbocycles. The molecule has 0 unspecified atom stereocenters. The van der Waals surface area contributed by atoms with Crippen molar-refractivity contribution in [2.24, 2.45) is 0 Å². The Hall–Kier alpha value is -2.84. The monoisotopic (exact) mass is 347 g/mol. The number of carbonyl (C=O) groups excluding carboxylic acids is 4.